The Labute approximate surface area is 108 Å². The lowest BCUT2D eigenvalue weighted by Crippen LogP contribution is -2.37. The minimum Gasteiger partial charge on any atom is -0.395 e. The van der Waals surface area contributed by atoms with E-state index in [4.69, 9.17) is 5.11 Å². The maximum absolute atomic E-state index is 13.1. The Morgan fingerprint density at radius 1 is 1.32 bits per heavy atom. The highest BCUT2D eigenvalue weighted by atomic mass is 19.4. The summed E-state index contributed by atoms with van der Waals surface area (Å²) in [6.07, 6.45) is -5.57. The summed E-state index contributed by atoms with van der Waals surface area (Å²) in [6.45, 7) is -0.681. The van der Waals surface area contributed by atoms with Crippen molar-refractivity contribution in [2.75, 3.05) is 24.6 Å². The molecule has 1 aromatic rings. The quantitative estimate of drug-likeness (QED) is 0.814. The molecule has 108 valence electrons. The molecule has 1 aromatic carbocycles. The SMILES string of the molecule is C[C@@H](O)c1cc(F)ccc1N(CCO)CC(F)(F)F. The fraction of sp³-hybridized carbons (Fsp3) is 0.500. The van der Waals surface area contributed by atoms with Gasteiger partial charge in [0.05, 0.1) is 12.7 Å². The molecule has 0 amide bonds. The lowest BCUT2D eigenvalue weighted by atomic mass is 10.1. The van der Waals surface area contributed by atoms with E-state index in [2.05, 4.69) is 0 Å². The van der Waals surface area contributed by atoms with E-state index in [0.29, 0.717) is 0 Å². The number of aliphatic hydroxyl groups is 2. The zero-order chi connectivity index (χ0) is 14.6. The Kier molecular flexibility index (Phi) is 5.13. The van der Waals surface area contributed by atoms with Gasteiger partial charge in [0.25, 0.3) is 0 Å². The molecule has 3 nitrogen and oxygen atoms in total. The van der Waals surface area contributed by atoms with Gasteiger partial charge in [-0.05, 0) is 25.1 Å². The molecule has 19 heavy (non-hydrogen) atoms. The fourth-order valence-corrected chi connectivity index (χ4v) is 1.77. The van der Waals surface area contributed by atoms with Crippen molar-refractivity contribution in [1.29, 1.82) is 0 Å². The Morgan fingerprint density at radius 2 is 1.95 bits per heavy atom. The molecular formula is C12H15F4NO2. The highest BCUT2D eigenvalue weighted by Gasteiger charge is 2.31. The molecule has 0 fully saturated rings. The maximum atomic E-state index is 13.1. The minimum absolute atomic E-state index is 0.0534. The summed E-state index contributed by atoms with van der Waals surface area (Å²) in [6, 6.07) is 3.17. The van der Waals surface area contributed by atoms with Crippen LogP contribution < -0.4 is 4.90 Å². The molecule has 0 unspecified atom stereocenters. The van der Waals surface area contributed by atoms with Gasteiger partial charge in [-0.1, -0.05) is 0 Å². The summed E-state index contributed by atoms with van der Waals surface area (Å²) in [5, 5.41) is 18.3. The van der Waals surface area contributed by atoms with Crippen LogP contribution in [0.2, 0.25) is 0 Å². The van der Waals surface area contributed by atoms with E-state index in [-0.39, 0.29) is 17.8 Å². The number of anilines is 1. The monoisotopic (exact) mass is 281 g/mol. The lowest BCUT2D eigenvalue weighted by Gasteiger charge is -2.28. The van der Waals surface area contributed by atoms with E-state index in [1.807, 2.05) is 0 Å². The number of hydrogen-bond acceptors (Lipinski definition) is 3. The summed E-state index contributed by atoms with van der Waals surface area (Å²) in [4.78, 5) is 0.863. The largest absolute Gasteiger partial charge is 0.405 e. The zero-order valence-corrected chi connectivity index (χ0v) is 10.3. The van der Waals surface area contributed by atoms with Gasteiger partial charge in [-0.25, -0.2) is 4.39 Å². The maximum Gasteiger partial charge on any atom is 0.405 e. The standard InChI is InChI=1S/C12H15F4NO2/c1-8(19)10-6-9(13)2-3-11(10)17(4-5-18)7-12(14,15)16/h2-3,6,8,18-19H,4-5,7H2,1H3/t8-/m1/s1. The van der Waals surface area contributed by atoms with Crippen LogP contribution in [0.4, 0.5) is 23.2 Å². The molecule has 2 N–H and O–H groups in total. The van der Waals surface area contributed by atoms with Crippen LogP contribution in [0.5, 0.6) is 0 Å². The second-order valence-electron chi connectivity index (χ2n) is 4.14. The molecule has 0 radical (unpaired) electrons. The zero-order valence-electron chi connectivity index (χ0n) is 10.3. The van der Waals surface area contributed by atoms with Crippen LogP contribution in [0.15, 0.2) is 18.2 Å². The second kappa shape index (κ2) is 6.21. The van der Waals surface area contributed by atoms with Crippen molar-refractivity contribution in [2.45, 2.75) is 19.2 Å². The number of nitrogens with zero attached hydrogens (tertiary/aromatic N) is 1. The van der Waals surface area contributed by atoms with Crippen LogP contribution in [0.1, 0.15) is 18.6 Å². The molecule has 1 atom stereocenters. The summed E-state index contributed by atoms with van der Waals surface area (Å²) < 4.78 is 50.5. The first-order valence-electron chi connectivity index (χ1n) is 5.64. The molecule has 0 bridgehead atoms. The van der Waals surface area contributed by atoms with Crippen LogP contribution in [-0.4, -0.2) is 36.1 Å². The summed E-state index contributed by atoms with van der Waals surface area (Å²) in [7, 11) is 0. The average molecular weight is 281 g/mol. The Hall–Kier alpha value is -1.34. The Balaban J connectivity index is 3.14. The number of hydrogen-bond donors (Lipinski definition) is 2. The first-order chi connectivity index (χ1) is 8.74. The van der Waals surface area contributed by atoms with Crippen molar-refractivity contribution in [3.05, 3.63) is 29.6 Å². The number of benzene rings is 1. The number of alkyl halides is 3. The number of aliphatic hydroxyl groups excluding tert-OH is 2. The molecule has 0 saturated carbocycles. The third kappa shape index (κ3) is 4.68. The third-order valence-corrected chi connectivity index (χ3v) is 2.52. The third-order valence-electron chi connectivity index (χ3n) is 2.52. The second-order valence-corrected chi connectivity index (χ2v) is 4.14. The molecule has 7 heteroatoms. The van der Waals surface area contributed by atoms with E-state index < -0.39 is 31.2 Å². The van der Waals surface area contributed by atoms with Gasteiger partial charge in [0.1, 0.15) is 12.4 Å². The lowest BCUT2D eigenvalue weighted by molar-refractivity contribution is -0.119. The molecule has 0 aliphatic heterocycles. The van der Waals surface area contributed by atoms with Gasteiger partial charge in [0.15, 0.2) is 0 Å². The summed E-state index contributed by atoms with van der Waals surface area (Å²) in [5.41, 5.74) is 0.112. The predicted octanol–water partition coefficient (Wildman–Crippen LogP) is 2.24. The van der Waals surface area contributed by atoms with Crippen molar-refractivity contribution >= 4 is 5.69 Å². The topological polar surface area (TPSA) is 43.7 Å². The average Bonchev–Trinajstić information content (AvgIpc) is 2.26. The van der Waals surface area contributed by atoms with Gasteiger partial charge in [0.2, 0.25) is 0 Å². The van der Waals surface area contributed by atoms with Gasteiger partial charge in [0, 0.05) is 17.8 Å². The first-order valence-corrected chi connectivity index (χ1v) is 5.64. The van der Waals surface area contributed by atoms with E-state index in [0.717, 1.165) is 17.0 Å². The minimum atomic E-state index is -4.46. The van der Waals surface area contributed by atoms with Gasteiger partial charge < -0.3 is 15.1 Å². The van der Waals surface area contributed by atoms with Crippen LogP contribution in [0.3, 0.4) is 0 Å². The Bertz CT molecular complexity index is 421. The van der Waals surface area contributed by atoms with Crippen LogP contribution in [0.25, 0.3) is 0 Å². The fourth-order valence-electron chi connectivity index (χ4n) is 1.77. The van der Waals surface area contributed by atoms with Crippen LogP contribution in [-0.2, 0) is 0 Å². The molecule has 0 aliphatic carbocycles. The number of halogens is 4. The molecule has 0 saturated heterocycles. The molecule has 0 spiro atoms. The van der Waals surface area contributed by atoms with Crippen LogP contribution in [0, 0.1) is 5.82 Å². The first kappa shape index (κ1) is 15.7. The molecule has 1 rings (SSSR count). The van der Waals surface area contributed by atoms with E-state index in [1.54, 1.807) is 0 Å². The van der Waals surface area contributed by atoms with Crippen molar-refractivity contribution in [2.24, 2.45) is 0 Å². The number of rotatable bonds is 5. The van der Waals surface area contributed by atoms with E-state index in [9.17, 15) is 22.7 Å². The van der Waals surface area contributed by atoms with Crippen molar-refractivity contribution in [3.8, 4) is 0 Å². The van der Waals surface area contributed by atoms with Crippen molar-refractivity contribution in [3.63, 3.8) is 0 Å². The summed E-state index contributed by atoms with van der Waals surface area (Å²) >= 11 is 0. The Morgan fingerprint density at radius 3 is 2.42 bits per heavy atom. The van der Waals surface area contributed by atoms with Gasteiger partial charge in [-0.2, -0.15) is 13.2 Å². The van der Waals surface area contributed by atoms with E-state index in [1.165, 1.54) is 13.0 Å². The molecule has 0 aromatic heterocycles. The van der Waals surface area contributed by atoms with E-state index >= 15 is 0 Å². The van der Waals surface area contributed by atoms with Gasteiger partial charge in [-0.15, -0.1) is 0 Å². The molecule has 0 aliphatic rings. The predicted molar refractivity (Wildman–Crippen MR) is 62.4 cm³/mol. The van der Waals surface area contributed by atoms with Crippen molar-refractivity contribution in [1.82, 2.24) is 0 Å². The van der Waals surface area contributed by atoms with Crippen LogP contribution >= 0.6 is 0 Å². The highest BCUT2D eigenvalue weighted by molar-refractivity contribution is 5.55. The van der Waals surface area contributed by atoms with Gasteiger partial charge >= 0.3 is 6.18 Å². The highest BCUT2D eigenvalue weighted by Crippen LogP contribution is 2.29. The van der Waals surface area contributed by atoms with Crippen molar-refractivity contribution < 1.29 is 27.8 Å². The normalized spacial score (nSPS) is 13.4. The van der Waals surface area contributed by atoms with Gasteiger partial charge in [-0.3, -0.25) is 0 Å². The smallest absolute Gasteiger partial charge is 0.395 e. The molecule has 0 heterocycles. The molecular weight excluding hydrogens is 266 g/mol. The summed E-state index contributed by atoms with van der Waals surface area (Å²) in [5.74, 6) is -0.643.